The lowest BCUT2D eigenvalue weighted by atomic mass is 10.2. The first-order valence-corrected chi connectivity index (χ1v) is 5.90. The van der Waals surface area contributed by atoms with Gasteiger partial charge in [-0.25, -0.2) is 5.43 Å². The van der Waals surface area contributed by atoms with Crippen LogP contribution in [0.4, 0.5) is 0 Å². The molecule has 0 saturated carbocycles. The standard InChI is InChI=1S/C14H14N2O4/c1-19-11-4-2-3-10(7-11)14(18)16-15-8-12-5-6-13(9-17)20-12/h2-8,17H,9H2,1H3,(H,16,18)/b15-8+. The molecule has 1 aromatic carbocycles. The van der Waals surface area contributed by atoms with Crippen molar-refractivity contribution < 1.29 is 19.1 Å². The highest BCUT2D eigenvalue weighted by atomic mass is 16.5. The third kappa shape index (κ3) is 3.46. The molecule has 0 saturated heterocycles. The van der Waals surface area contributed by atoms with Crippen LogP contribution in [-0.4, -0.2) is 24.3 Å². The van der Waals surface area contributed by atoms with Gasteiger partial charge < -0.3 is 14.3 Å². The van der Waals surface area contributed by atoms with Gasteiger partial charge in [0.25, 0.3) is 5.91 Å². The van der Waals surface area contributed by atoms with E-state index in [-0.39, 0.29) is 12.5 Å². The number of amides is 1. The fourth-order valence-corrected chi connectivity index (χ4v) is 1.53. The van der Waals surface area contributed by atoms with Crippen molar-refractivity contribution in [3.05, 3.63) is 53.5 Å². The molecule has 0 radical (unpaired) electrons. The Labute approximate surface area is 115 Å². The number of nitrogens with one attached hydrogen (secondary N) is 1. The van der Waals surface area contributed by atoms with Gasteiger partial charge in [-0.05, 0) is 30.3 Å². The van der Waals surface area contributed by atoms with E-state index >= 15 is 0 Å². The highest BCUT2D eigenvalue weighted by Crippen LogP contribution is 2.12. The first-order chi connectivity index (χ1) is 9.72. The number of carbonyl (C=O) groups is 1. The zero-order valence-electron chi connectivity index (χ0n) is 10.9. The number of ether oxygens (including phenoxy) is 1. The molecule has 2 aromatic rings. The number of hydrazone groups is 1. The highest BCUT2D eigenvalue weighted by Gasteiger charge is 2.05. The minimum absolute atomic E-state index is 0.177. The van der Waals surface area contributed by atoms with Crippen LogP contribution in [0.1, 0.15) is 21.9 Å². The summed E-state index contributed by atoms with van der Waals surface area (Å²) in [5.41, 5.74) is 2.82. The molecule has 0 unspecified atom stereocenters. The molecular formula is C14H14N2O4. The van der Waals surface area contributed by atoms with Crippen LogP contribution in [0.3, 0.4) is 0 Å². The lowest BCUT2D eigenvalue weighted by Crippen LogP contribution is -2.17. The predicted molar refractivity (Wildman–Crippen MR) is 72.7 cm³/mol. The van der Waals surface area contributed by atoms with Crippen molar-refractivity contribution in [3.63, 3.8) is 0 Å². The minimum atomic E-state index is -0.353. The fraction of sp³-hybridized carbons (Fsp3) is 0.143. The molecule has 20 heavy (non-hydrogen) atoms. The van der Waals surface area contributed by atoms with Gasteiger partial charge in [0, 0.05) is 5.56 Å². The third-order valence-corrected chi connectivity index (χ3v) is 2.53. The average molecular weight is 274 g/mol. The maximum atomic E-state index is 11.8. The van der Waals surface area contributed by atoms with E-state index in [4.69, 9.17) is 14.3 Å². The average Bonchev–Trinajstić information content (AvgIpc) is 2.95. The van der Waals surface area contributed by atoms with Crippen LogP contribution in [0.5, 0.6) is 5.75 Å². The van der Waals surface area contributed by atoms with Crippen LogP contribution < -0.4 is 10.2 Å². The Morgan fingerprint density at radius 2 is 2.30 bits per heavy atom. The number of hydrogen-bond acceptors (Lipinski definition) is 5. The van der Waals surface area contributed by atoms with Crippen LogP contribution in [-0.2, 0) is 6.61 Å². The first-order valence-electron chi connectivity index (χ1n) is 5.90. The Balaban J connectivity index is 1.97. The number of nitrogens with zero attached hydrogens (tertiary/aromatic N) is 1. The summed E-state index contributed by atoms with van der Waals surface area (Å²) in [7, 11) is 1.53. The quantitative estimate of drug-likeness (QED) is 0.640. The second kappa shape index (κ2) is 6.53. The van der Waals surface area contributed by atoms with Crippen molar-refractivity contribution in [1.82, 2.24) is 5.43 Å². The Bertz CT molecular complexity index is 619. The Morgan fingerprint density at radius 3 is 3.00 bits per heavy atom. The van der Waals surface area contributed by atoms with Gasteiger partial charge in [0.05, 0.1) is 13.3 Å². The number of benzene rings is 1. The van der Waals surface area contributed by atoms with Crippen molar-refractivity contribution in [3.8, 4) is 5.75 Å². The topological polar surface area (TPSA) is 84.1 Å². The Hall–Kier alpha value is -2.60. The lowest BCUT2D eigenvalue weighted by molar-refractivity contribution is 0.0954. The second-order valence-corrected chi connectivity index (χ2v) is 3.89. The molecule has 1 aromatic heterocycles. The molecule has 2 N–H and O–H groups in total. The number of carbonyl (C=O) groups excluding carboxylic acids is 1. The maximum absolute atomic E-state index is 11.8. The van der Waals surface area contributed by atoms with Crippen LogP contribution in [0.2, 0.25) is 0 Å². The highest BCUT2D eigenvalue weighted by molar-refractivity contribution is 5.95. The Kier molecular flexibility index (Phi) is 4.52. The normalized spacial score (nSPS) is 10.7. The second-order valence-electron chi connectivity index (χ2n) is 3.89. The van der Waals surface area contributed by atoms with E-state index in [9.17, 15) is 4.79 Å². The summed E-state index contributed by atoms with van der Waals surface area (Å²) in [6.07, 6.45) is 1.36. The zero-order valence-corrected chi connectivity index (χ0v) is 10.9. The molecule has 2 rings (SSSR count). The number of hydrogen-bond donors (Lipinski definition) is 2. The monoisotopic (exact) mass is 274 g/mol. The number of rotatable bonds is 5. The van der Waals surface area contributed by atoms with E-state index < -0.39 is 0 Å². The molecule has 0 aliphatic heterocycles. The molecule has 0 atom stereocenters. The molecular weight excluding hydrogens is 260 g/mol. The largest absolute Gasteiger partial charge is 0.497 e. The van der Waals surface area contributed by atoms with Crippen molar-refractivity contribution in [2.45, 2.75) is 6.61 Å². The number of furan rings is 1. The van der Waals surface area contributed by atoms with E-state index in [1.54, 1.807) is 36.4 Å². The summed E-state index contributed by atoms with van der Waals surface area (Å²) < 4.78 is 10.2. The van der Waals surface area contributed by atoms with E-state index in [1.165, 1.54) is 13.3 Å². The molecule has 1 heterocycles. The summed E-state index contributed by atoms with van der Waals surface area (Å²) in [5.74, 6) is 1.12. The van der Waals surface area contributed by atoms with E-state index in [2.05, 4.69) is 10.5 Å². The number of methoxy groups -OCH3 is 1. The Morgan fingerprint density at radius 1 is 1.45 bits per heavy atom. The number of aliphatic hydroxyl groups is 1. The maximum Gasteiger partial charge on any atom is 0.271 e. The van der Waals surface area contributed by atoms with Crippen molar-refractivity contribution >= 4 is 12.1 Å². The van der Waals surface area contributed by atoms with Gasteiger partial charge in [-0.2, -0.15) is 5.10 Å². The summed E-state index contributed by atoms with van der Waals surface area (Å²) in [6, 6.07) is 10.0. The van der Waals surface area contributed by atoms with Gasteiger partial charge in [-0.1, -0.05) is 6.07 Å². The van der Waals surface area contributed by atoms with Gasteiger partial charge in [-0.15, -0.1) is 0 Å². The molecule has 0 bridgehead atoms. The minimum Gasteiger partial charge on any atom is -0.497 e. The predicted octanol–water partition coefficient (Wildman–Crippen LogP) is 1.54. The summed E-state index contributed by atoms with van der Waals surface area (Å²) >= 11 is 0. The van der Waals surface area contributed by atoms with Crippen molar-refractivity contribution in [2.75, 3.05) is 7.11 Å². The first kappa shape index (κ1) is 13.8. The van der Waals surface area contributed by atoms with E-state index in [1.807, 2.05) is 0 Å². The smallest absolute Gasteiger partial charge is 0.271 e. The number of aliphatic hydroxyl groups excluding tert-OH is 1. The molecule has 6 heteroatoms. The lowest BCUT2D eigenvalue weighted by Gasteiger charge is -2.02. The van der Waals surface area contributed by atoms with Gasteiger partial charge in [0.1, 0.15) is 23.9 Å². The summed E-state index contributed by atoms with van der Waals surface area (Å²) in [5, 5.41) is 12.6. The van der Waals surface area contributed by atoms with Gasteiger partial charge in [0.2, 0.25) is 0 Å². The molecule has 1 amide bonds. The molecule has 0 fully saturated rings. The molecule has 104 valence electrons. The van der Waals surface area contributed by atoms with E-state index in [0.717, 1.165) is 0 Å². The summed E-state index contributed by atoms with van der Waals surface area (Å²) in [4.78, 5) is 11.8. The molecule has 0 aliphatic rings. The van der Waals surface area contributed by atoms with Gasteiger partial charge in [0.15, 0.2) is 0 Å². The zero-order chi connectivity index (χ0) is 14.4. The van der Waals surface area contributed by atoms with Crippen LogP contribution in [0, 0.1) is 0 Å². The van der Waals surface area contributed by atoms with E-state index in [0.29, 0.717) is 22.8 Å². The molecule has 6 nitrogen and oxygen atoms in total. The molecule has 0 aliphatic carbocycles. The molecule has 0 spiro atoms. The SMILES string of the molecule is COc1cccc(C(=O)N/N=C/c2ccc(CO)o2)c1. The van der Waals surface area contributed by atoms with Crippen LogP contribution in [0.15, 0.2) is 45.9 Å². The third-order valence-electron chi connectivity index (χ3n) is 2.53. The van der Waals surface area contributed by atoms with Gasteiger partial charge in [-0.3, -0.25) is 4.79 Å². The fourth-order valence-electron chi connectivity index (χ4n) is 1.53. The van der Waals surface area contributed by atoms with Crippen molar-refractivity contribution in [2.24, 2.45) is 5.10 Å². The summed E-state index contributed by atoms with van der Waals surface area (Å²) in [6.45, 7) is -0.177. The van der Waals surface area contributed by atoms with Gasteiger partial charge >= 0.3 is 0 Å². The van der Waals surface area contributed by atoms with Crippen LogP contribution in [0.25, 0.3) is 0 Å². The van der Waals surface area contributed by atoms with Crippen LogP contribution >= 0.6 is 0 Å². The van der Waals surface area contributed by atoms with Crippen molar-refractivity contribution in [1.29, 1.82) is 0 Å².